The lowest BCUT2D eigenvalue weighted by Gasteiger charge is -2.24. The average molecular weight is 497 g/mol. The van der Waals surface area contributed by atoms with Gasteiger partial charge in [0.1, 0.15) is 12.7 Å². The van der Waals surface area contributed by atoms with E-state index < -0.39 is 0 Å². The van der Waals surface area contributed by atoms with Crippen LogP contribution < -0.4 is 10.6 Å². The van der Waals surface area contributed by atoms with Crippen LogP contribution >= 0.6 is 24.0 Å². The van der Waals surface area contributed by atoms with Crippen molar-refractivity contribution in [1.29, 1.82) is 0 Å². The van der Waals surface area contributed by atoms with Gasteiger partial charge in [-0.1, -0.05) is 31.2 Å². The summed E-state index contributed by atoms with van der Waals surface area (Å²) >= 11 is 0. The normalized spacial score (nSPS) is 17.4. The third-order valence-electron chi connectivity index (χ3n) is 4.98. The van der Waals surface area contributed by atoms with Gasteiger partial charge >= 0.3 is 0 Å². The van der Waals surface area contributed by atoms with E-state index in [-0.39, 0.29) is 24.0 Å². The van der Waals surface area contributed by atoms with Crippen molar-refractivity contribution in [1.82, 2.24) is 30.3 Å². The third-order valence-corrected chi connectivity index (χ3v) is 4.98. The molecule has 2 heterocycles. The van der Waals surface area contributed by atoms with Crippen LogP contribution in [0.3, 0.4) is 0 Å². The van der Waals surface area contributed by atoms with E-state index in [0.29, 0.717) is 12.6 Å². The lowest BCUT2D eigenvalue weighted by atomic mass is 10.1. The summed E-state index contributed by atoms with van der Waals surface area (Å²) < 4.78 is 1.83. The smallest absolute Gasteiger partial charge is 0.191 e. The number of rotatable bonds is 8. The Kier molecular flexibility index (Phi) is 9.69. The molecule has 0 bridgehead atoms. The molecule has 28 heavy (non-hydrogen) atoms. The first-order valence-electron chi connectivity index (χ1n) is 9.95. The molecule has 8 heteroatoms. The monoisotopic (exact) mass is 497 g/mol. The highest BCUT2D eigenvalue weighted by Crippen LogP contribution is 2.15. The maximum atomic E-state index is 4.77. The highest BCUT2D eigenvalue weighted by Gasteiger charge is 2.22. The molecule has 1 aliphatic heterocycles. The second-order valence-corrected chi connectivity index (χ2v) is 6.91. The van der Waals surface area contributed by atoms with Crippen LogP contribution in [0, 0.1) is 0 Å². The molecule has 1 unspecified atom stereocenters. The molecule has 0 saturated carbocycles. The van der Waals surface area contributed by atoms with Gasteiger partial charge < -0.3 is 10.6 Å². The minimum atomic E-state index is 0. The largest absolute Gasteiger partial charge is 0.357 e. The highest BCUT2D eigenvalue weighted by atomic mass is 127. The Morgan fingerprint density at radius 2 is 2.11 bits per heavy atom. The zero-order valence-electron chi connectivity index (χ0n) is 16.8. The summed E-state index contributed by atoms with van der Waals surface area (Å²) in [4.78, 5) is 11.3. The number of halogens is 1. The van der Waals surface area contributed by atoms with Crippen molar-refractivity contribution in [3.05, 3.63) is 48.0 Å². The van der Waals surface area contributed by atoms with Crippen LogP contribution in [0.2, 0.25) is 0 Å². The molecule has 1 saturated heterocycles. The molecule has 0 aliphatic carbocycles. The molecular formula is C20H32IN7. The maximum Gasteiger partial charge on any atom is 0.191 e. The van der Waals surface area contributed by atoms with E-state index >= 15 is 0 Å². The first kappa shape index (κ1) is 22.6. The minimum Gasteiger partial charge on any atom is -0.357 e. The topological polar surface area (TPSA) is 70.4 Å². The fraction of sp³-hybridized carbons (Fsp3) is 0.550. The van der Waals surface area contributed by atoms with E-state index in [4.69, 9.17) is 4.99 Å². The molecule has 1 aromatic heterocycles. The second-order valence-electron chi connectivity index (χ2n) is 6.91. The van der Waals surface area contributed by atoms with E-state index in [1.54, 1.807) is 12.7 Å². The molecule has 2 aromatic rings. The van der Waals surface area contributed by atoms with E-state index in [1.807, 2.05) is 4.68 Å². The fourth-order valence-electron chi connectivity index (χ4n) is 3.60. The minimum absolute atomic E-state index is 0. The molecule has 154 valence electrons. The van der Waals surface area contributed by atoms with Crippen LogP contribution in [-0.2, 0) is 13.1 Å². The van der Waals surface area contributed by atoms with E-state index in [1.165, 1.54) is 30.5 Å². The molecule has 3 rings (SSSR count). The Balaban J connectivity index is 0.00000280. The summed E-state index contributed by atoms with van der Waals surface area (Å²) in [6.07, 6.45) is 5.87. The third kappa shape index (κ3) is 6.73. The molecule has 0 spiro atoms. The standard InChI is InChI=1S/C20H31N7.HI/c1-3-22-20(24-13-19-9-6-10-26(19)4-2)23-12-17-7-5-8-18(11-17)14-27-16-21-15-25-27;/h5,7-8,11,15-16,19H,3-4,6,9-10,12-14H2,1-2H3,(H2,22,23,24);1H. The number of benzene rings is 1. The lowest BCUT2D eigenvalue weighted by Crippen LogP contribution is -2.44. The number of likely N-dealkylation sites (tertiary alicyclic amines) is 1. The number of guanidine groups is 1. The van der Waals surface area contributed by atoms with Crippen LogP contribution in [0.1, 0.15) is 37.8 Å². The average Bonchev–Trinajstić information content (AvgIpc) is 3.36. The summed E-state index contributed by atoms with van der Waals surface area (Å²) in [6, 6.07) is 9.11. The van der Waals surface area contributed by atoms with E-state index in [2.05, 4.69) is 63.7 Å². The van der Waals surface area contributed by atoms with E-state index in [9.17, 15) is 0 Å². The van der Waals surface area contributed by atoms with Gasteiger partial charge in [-0.2, -0.15) is 5.10 Å². The molecule has 0 radical (unpaired) electrons. The summed E-state index contributed by atoms with van der Waals surface area (Å²) in [5.41, 5.74) is 2.40. The molecule has 1 atom stereocenters. The number of aliphatic imine (C=N–C) groups is 1. The molecule has 7 nitrogen and oxygen atoms in total. The van der Waals surface area contributed by atoms with Gasteiger partial charge in [0, 0.05) is 19.1 Å². The Morgan fingerprint density at radius 3 is 2.86 bits per heavy atom. The van der Waals surface area contributed by atoms with Crippen molar-refractivity contribution < 1.29 is 0 Å². The SMILES string of the molecule is CCNC(=NCc1cccc(Cn2cncn2)c1)NCC1CCCN1CC.I. The van der Waals surface area contributed by atoms with Crippen molar-refractivity contribution in [3.8, 4) is 0 Å². The second kappa shape index (κ2) is 12.0. The summed E-state index contributed by atoms with van der Waals surface area (Å²) in [5, 5.41) is 11.1. The van der Waals surface area contributed by atoms with Crippen LogP contribution in [0.4, 0.5) is 0 Å². The summed E-state index contributed by atoms with van der Waals surface area (Å²) in [7, 11) is 0. The molecule has 1 aromatic carbocycles. The number of nitrogens with zero attached hydrogens (tertiary/aromatic N) is 5. The van der Waals surface area contributed by atoms with Gasteiger partial charge in [0.2, 0.25) is 0 Å². The predicted octanol–water partition coefficient (Wildman–Crippen LogP) is 2.48. The van der Waals surface area contributed by atoms with Crippen LogP contribution in [0.5, 0.6) is 0 Å². The van der Waals surface area contributed by atoms with Gasteiger partial charge in [-0.15, -0.1) is 24.0 Å². The summed E-state index contributed by atoms with van der Waals surface area (Å²) in [5.74, 6) is 0.891. The van der Waals surface area contributed by atoms with Crippen molar-refractivity contribution in [2.45, 2.75) is 45.8 Å². The van der Waals surface area contributed by atoms with Gasteiger partial charge in [-0.3, -0.25) is 4.90 Å². The van der Waals surface area contributed by atoms with Gasteiger partial charge in [-0.05, 0) is 44.0 Å². The van der Waals surface area contributed by atoms with Crippen LogP contribution in [-0.4, -0.2) is 57.8 Å². The molecule has 2 N–H and O–H groups in total. The lowest BCUT2D eigenvalue weighted by molar-refractivity contribution is 0.267. The molecule has 0 amide bonds. The van der Waals surface area contributed by atoms with Crippen LogP contribution in [0.15, 0.2) is 41.9 Å². The number of hydrogen-bond donors (Lipinski definition) is 2. The van der Waals surface area contributed by atoms with Gasteiger partial charge in [0.15, 0.2) is 5.96 Å². The molecule has 1 aliphatic rings. The van der Waals surface area contributed by atoms with Gasteiger partial charge in [0.25, 0.3) is 0 Å². The quantitative estimate of drug-likeness (QED) is 0.333. The van der Waals surface area contributed by atoms with Crippen molar-refractivity contribution in [3.63, 3.8) is 0 Å². The Bertz CT molecular complexity index is 717. The maximum absolute atomic E-state index is 4.77. The Morgan fingerprint density at radius 1 is 1.25 bits per heavy atom. The van der Waals surface area contributed by atoms with Crippen molar-refractivity contribution >= 4 is 29.9 Å². The Hall–Kier alpha value is -1.68. The predicted molar refractivity (Wildman–Crippen MR) is 124 cm³/mol. The molecular weight excluding hydrogens is 465 g/mol. The first-order chi connectivity index (χ1) is 13.3. The number of aromatic nitrogens is 3. The zero-order chi connectivity index (χ0) is 18.9. The van der Waals surface area contributed by atoms with Crippen molar-refractivity contribution in [2.24, 2.45) is 4.99 Å². The molecule has 1 fully saturated rings. The van der Waals surface area contributed by atoms with Crippen molar-refractivity contribution in [2.75, 3.05) is 26.2 Å². The first-order valence-corrected chi connectivity index (χ1v) is 9.95. The summed E-state index contributed by atoms with van der Waals surface area (Å²) in [6.45, 7) is 9.88. The fourth-order valence-corrected chi connectivity index (χ4v) is 3.60. The van der Waals surface area contributed by atoms with Gasteiger partial charge in [0.05, 0.1) is 13.1 Å². The Labute approximate surface area is 185 Å². The van der Waals surface area contributed by atoms with Crippen LogP contribution in [0.25, 0.3) is 0 Å². The van der Waals surface area contributed by atoms with Gasteiger partial charge in [-0.25, -0.2) is 14.7 Å². The zero-order valence-corrected chi connectivity index (χ0v) is 19.2. The highest BCUT2D eigenvalue weighted by molar-refractivity contribution is 14.0. The number of likely N-dealkylation sites (N-methyl/N-ethyl adjacent to an activating group) is 1. The number of hydrogen-bond acceptors (Lipinski definition) is 4. The van der Waals surface area contributed by atoms with E-state index in [0.717, 1.165) is 32.1 Å². The number of nitrogens with one attached hydrogen (secondary N) is 2.